The van der Waals surface area contributed by atoms with E-state index in [2.05, 4.69) is 62.2 Å². The van der Waals surface area contributed by atoms with Gasteiger partial charge in [-0.15, -0.1) is 0 Å². The molecule has 0 heterocycles. The van der Waals surface area contributed by atoms with Crippen molar-refractivity contribution in [1.29, 1.82) is 0 Å². The summed E-state index contributed by atoms with van der Waals surface area (Å²) in [7, 11) is 0. The van der Waals surface area contributed by atoms with Gasteiger partial charge >= 0.3 is 5.97 Å². The fourth-order valence-electron chi connectivity index (χ4n) is 5.46. The first-order valence-corrected chi connectivity index (χ1v) is 20.6. The van der Waals surface area contributed by atoms with Crippen LogP contribution in [0.2, 0.25) is 0 Å². The number of nitrogens with zero attached hydrogens (tertiary/aromatic N) is 1. The van der Waals surface area contributed by atoms with E-state index in [-0.39, 0.29) is 62.0 Å². The van der Waals surface area contributed by atoms with E-state index in [1.165, 1.54) is 12.1 Å². The molecule has 1 rings (SSSR count). The predicted molar refractivity (Wildman–Crippen MR) is 230 cm³/mol. The highest BCUT2D eigenvalue weighted by molar-refractivity contribution is 7.80. The fourth-order valence-corrected chi connectivity index (χ4v) is 5.98. The summed E-state index contributed by atoms with van der Waals surface area (Å²) >= 11 is 8.33. The molecule has 0 fully saturated rings. The number of carbonyl (C=O) groups excluding carboxylic acids is 6. The van der Waals surface area contributed by atoms with Crippen molar-refractivity contribution in [2.24, 2.45) is 33.7 Å². The number of hydrogen-bond donors (Lipinski definition) is 16. The topological polar surface area (TPSA) is 395 Å². The third-order valence-electron chi connectivity index (χ3n) is 8.90. The van der Waals surface area contributed by atoms with Crippen LogP contribution in [0.1, 0.15) is 56.9 Å². The molecule has 22 nitrogen and oxygen atoms in total. The van der Waals surface area contributed by atoms with Gasteiger partial charge in [-0.1, -0.05) is 18.6 Å². The number of amides is 6. The van der Waals surface area contributed by atoms with E-state index in [0.717, 1.165) is 0 Å². The highest BCUT2D eigenvalue weighted by atomic mass is 32.1. The average molecular weight is 887 g/mol. The number of phenolic OH excluding ortho intramolecular Hbond substituents is 1. The summed E-state index contributed by atoms with van der Waals surface area (Å²) in [6, 6.07) is -3.30. The van der Waals surface area contributed by atoms with Crippen molar-refractivity contribution in [1.82, 2.24) is 31.9 Å². The van der Waals surface area contributed by atoms with Gasteiger partial charge in [-0.25, -0.2) is 4.79 Å². The van der Waals surface area contributed by atoms with E-state index in [1.807, 2.05) is 0 Å². The van der Waals surface area contributed by atoms with E-state index in [9.17, 15) is 48.9 Å². The summed E-state index contributed by atoms with van der Waals surface area (Å²) in [6.45, 7) is -0.135. The number of thiol groups is 2. The monoisotopic (exact) mass is 886 g/mol. The highest BCUT2D eigenvalue weighted by Crippen LogP contribution is 2.12. The van der Waals surface area contributed by atoms with Gasteiger partial charge in [0.25, 0.3) is 0 Å². The predicted octanol–water partition coefficient (Wildman–Crippen LogP) is -4.58. The number of guanidine groups is 1. The standard InChI is InChI=1S/C36H62N12O10S2/c37-13-3-1-6-22(39)29(51)45-25(16-20-9-11-21(50)12-10-20)31(53)47-28(19-60)34(56)48-27(18-59)33(55)46-26(17-49)32(54)43-23(7-2-4-14-38)30(52)44-24(35(57)58)8-5-15-42-36(40)41/h9-12,22-28,49-50,59-60H,1-8,13-19,37-39H2,(H,43,54)(H,44,52)(H,45,51)(H,46,55)(H,47,53)(H,48,56)(H,57,58)(H4,40,41,42)/t22-,23-,24-,25-,26-,27-,28-/m0/s1. The second-order valence-corrected chi connectivity index (χ2v) is 14.5. The van der Waals surface area contributed by atoms with Gasteiger partial charge in [0.1, 0.15) is 42.0 Å². The largest absolute Gasteiger partial charge is 0.508 e. The number of aliphatic hydroxyl groups excluding tert-OH is 1. The maximum absolute atomic E-state index is 13.6. The summed E-state index contributed by atoms with van der Waals surface area (Å²) in [5.74, 6) is -7.18. The number of nitrogens with two attached hydrogens (primary N) is 5. The van der Waals surface area contributed by atoms with E-state index in [4.69, 9.17) is 28.7 Å². The van der Waals surface area contributed by atoms with E-state index >= 15 is 0 Å². The maximum Gasteiger partial charge on any atom is 0.326 e. The Kier molecular flexibility index (Phi) is 26.0. The van der Waals surface area contributed by atoms with Gasteiger partial charge in [0.2, 0.25) is 35.4 Å². The van der Waals surface area contributed by atoms with Crippen LogP contribution in [0.3, 0.4) is 0 Å². The van der Waals surface area contributed by atoms with E-state index in [1.54, 1.807) is 12.1 Å². The molecule has 60 heavy (non-hydrogen) atoms. The average Bonchev–Trinajstić information content (AvgIpc) is 3.21. The number of hydrogen-bond acceptors (Lipinski definition) is 15. The molecule has 0 aliphatic rings. The number of phenols is 1. The molecular weight excluding hydrogens is 825 g/mol. The maximum atomic E-state index is 13.6. The number of carbonyl (C=O) groups is 7. The van der Waals surface area contributed by atoms with Crippen LogP contribution < -0.4 is 60.6 Å². The van der Waals surface area contributed by atoms with Crippen LogP contribution in [0.5, 0.6) is 5.75 Å². The van der Waals surface area contributed by atoms with Crippen LogP contribution in [0.25, 0.3) is 0 Å². The lowest BCUT2D eigenvalue weighted by atomic mass is 10.0. The minimum atomic E-state index is -1.64. The molecule has 0 unspecified atom stereocenters. The van der Waals surface area contributed by atoms with Crippen molar-refractivity contribution >= 4 is 72.6 Å². The van der Waals surface area contributed by atoms with E-state index < -0.39 is 90.3 Å². The van der Waals surface area contributed by atoms with Crippen LogP contribution in [0.4, 0.5) is 0 Å². The Morgan fingerprint density at radius 3 is 1.53 bits per heavy atom. The van der Waals surface area contributed by atoms with Gasteiger partial charge in [-0.2, -0.15) is 25.3 Å². The first-order valence-electron chi connectivity index (χ1n) is 19.4. The fraction of sp³-hybridized carbons (Fsp3) is 0.611. The smallest absolute Gasteiger partial charge is 0.326 e. The number of aliphatic carboxylic acids is 1. The lowest BCUT2D eigenvalue weighted by molar-refractivity contribution is -0.142. The molecule has 0 saturated heterocycles. The quantitative estimate of drug-likeness (QED) is 0.0150. The van der Waals surface area contributed by atoms with Crippen LogP contribution >= 0.6 is 25.3 Å². The molecule has 0 spiro atoms. The Balaban J connectivity index is 3.07. The van der Waals surface area contributed by atoms with Gasteiger partial charge in [0.15, 0.2) is 5.96 Å². The summed E-state index contributed by atoms with van der Waals surface area (Å²) in [5.41, 5.74) is 28.3. The van der Waals surface area contributed by atoms with E-state index in [0.29, 0.717) is 44.2 Å². The van der Waals surface area contributed by atoms with Gasteiger partial charge in [-0.3, -0.25) is 33.8 Å². The molecule has 0 aliphatic heterocycles. The number of aromatic hydroxyl groups is 1. The van der Waals surface area contributed by atoms with Gasteiger partial charge in [-0.05, 0) is 75.7 Å². The Hall–Kier alpha value is -4.88. The highest BCUT2D eigenvalue weighted by Gasteiger charge is 2.33. The van der Waals surface area contributed by atoms with Crippen LogP contribution in [0, 0.1) is 0 Å². The Morgan fingerprint density at radius 1 is 0.600 bits per heavy atom. The molecule has 0 aliphatic carbocycles. The first-order chi connectivity index (χ1) is 28.5. The third kappa shape index (κ3) is 20.4. The summed E-state index contributed by atoms with van der Waals surface area (Å²) in [6.07, 6.45) is 2.54. The van der Waals surface area contributed by atoms with Crippen LogP contribution in [0.15, 0.2) is 29.3 Å². The van der Waals surface area contributed by atoms with Crippen molar-refractivity contribution in [2.75, 3.05) is 37.7 Å². The Labute approximate surface area is 359 Å². The molecule has 7 atom stereocenters. The zero-order valence-electron chi connectivity index (χ0n) is 33.4. The van der Waals surface area contributed by atoms with Crippen molar-refractivity contribution < 1.29 is 48.9 Å². The number of aliphatic hydroxyl groups is 1. The zero-order chi connectivity index (χ0) is 45.2. The molecule has 338 valence electrons. The molecule has 6 amide bonds. The van der Waals surface area contributed by atoms with Crippen molar-refractivity contribution in [3.63, 3.8) is 0 Å². The SMILES string of the molecule is NCCCC[C@H](NC(=O)[C@H](CO)NC(=O)[C@H](CS)NC(=O)[C@H](CS)NC(=O)[C@H](Cc1ccc(O)cc1)NC(=O)[C@@H](N)CCCCN)C(=O)N[C@@H](CCCN=C(N)N)C(=O)O. The molecule has 0 bridgehead atoms. The molecule has 19 N–H and O–H groups in total. The molecule has 24 heteroatoms. The molecule has 0 radical (unpaired) electrons. The number of carboxylic acids is 1. The van der Waals surface area contributed by atoms with Crippen LogP contribution in [-0.4, -0.2) is 143 Å². The van der Waals surface area contributed by atoms with Gasteiger partial charge < -0.3 is 75.9 Å². The van der Waals surface area contributed by atoms with Gasteiger partial charge in [0, 0.05) is 24.5 Å². The first kappa shape index (κ1) is 53.1. The summed E-state index contributed by atoms with van der Waals surface area (Å²) in [4.78, 5) is 95.3. The van der Waals surface area contributed by atoms with Crippen molar-refractivity contribution in [3.05, 3.63) is 29.8 Å². The number of rotatable bonds is 30. The summed E-state index contributed by atoms with van der Waals surface area (Å²) < 4.78 is 0. The Morgan fingerprint density at radius 2 is 1.03 bits per heavy atom. The molecule has 0 aromatic heterocycles. The van der Waals surface area contributed by atoms with Crippen molar-refractivity contribution in [3.8, 4) is 5.75 Å². The van der Waals surface area contributed by atoms with Crippen LogP contribution in [-0.2, 0) is 40.0 Å². The Bertz CT molecular complexity index is 1570. The normalized spacial score (nSPS) is 14.4. The number of carboxylic acid groups (broad SMARTS) is 1. The lowest BCUT2D eigenvalue weighted by Gasteiger charge is -2.26. The minimum absolute atomic E-state index is 0.0173. The molecule has 0 saturated carbocycles. The third-order valence-corrected chi connectivity index (χ3v) is 9.63. The molecule has 1 aromatic rings. The molecule has 1 aromatic carbocycles. The number of unbranched alkanes of at least 4 members (excludes halogenated alkanes) is 2. The number of aliphatic imine (C=N–C) groups is 1. The van der Waals surface area contributed by atoms with Crippen molar-refractivity contribution in [2.45, 2.75) is 100 Å². The zero-order valence-corrected chi connectivity index (χ0v) is 35.2. The number of benzene rings is 1. The molecular formula is C36H62N12O10S2. The van der Waals surface area contributed by atoms with Gasteiger partial charge in [0.05, 0.1) is 12.6 Å². The summed E-state index contributed by atoms with van der Waals surface area (Å²) in [5, 5.41) is 44.1. The lowest BCUT2D eigenvalue weighted by Crippen LogP contribution is -2.61. The second-order valence-electron chi connectivity index (χ2n) is 13.7. The second kappa shape index (κ2) is 29.4. The minimum Gasteiger partial charge on any atom is -0.508 e. The number of nitrogens with one attached hydrogen (secondary N) is 6.